The monoisotopic (exact) mass is 342 g/mol. The lowest BCUT2D eigenvalue weighted by atomic mass is 10.2. The van der Waals surface area contributed by atoms with Crippen LogP contribution in [-0.2, 0) is 0 Å². The molecule has 2 aromatic carbocycles. The summed E-state index contributed by atoms with van der Waals surface area (Å²) in [6.07, 6.45) is 0. The topological polar surface area (TPSA) is 38.0 Å². The van der Waals surface area contributed by atoms with Crippen LogP contribution in [0.5, 0.6) is 0 Å². The lowest BCUT2D eigenvalue weighted by Crippen LogP contribution is -1.98. The molecule has 17 heavy (non-hydrogen) atoms. The van der Waals surface area contributed by atoms with Gasteiger partial charge in [0, 0.05) is 9.26 Å². The SMILES string of the molecule is Cc1cccc(Nc2ccc(N)cc2I)c1F. The Labute approximate surface area is 113 Å². The van der Waals surface area contributed by atoms with E-state index in [2.05, 4.69) is 27.9 Å². The van der Waals surface area contributed by atoms with Crippen LogP contribution in [-0.4, -0.2) is 0 Å². The number of aryl methyl sites for hydroxylation is 1. The Kier molecular flexibility index (Phi) is 3.51. The van der Waals surface area contributed by atoms with E-state index in [1.165, 1.54) is 0 Å². The zero-order valence-corrected chi connectivity index (χ0v) is 11.5. The second kappa shape index (κ2) is 4.91. The van der Waals surface area contributed by atoms with Crippen LogP contribution in [0.25, 0.3) is 0 Å². The zero-order valence-electron chi connectivity index (χ0n) is 9.30. The lowest BCUT2D eigenvalue weighted by Gasteiger charge is -2.11. The summed E-state index contributed by atoms with van der Waals surface area (Å²) in [6.45, 7) is 1.74. The Morgan fingerprint density at radius 2 is 1.94 bits per heavy atom. The predicted octanol–water partition coefficient (Wildman–Crippen LogP) is 4.06. The number of nitrogens with one attached hydrogen (secondary N) is 1. The third-order valence-corrected chi connectivity index (χ3v) is 3.35. The van der Waals surface area contributed by atoms with Crippen molar-refractivity contribution in [3.8, 4) is 0 Å². The first kappa shape index (κ1) is 12.2. The number of hydrogen-bond donors (Lipinski definition) is 2. The maximum Gasteiger partial charge on any atom is 0.149 e. The molecule has 2 aromatic rings. The van der Waals surface area contributed by atoms with Crippen molar-refractivity contribution in [2.75, 3.05) is 11.1 Å². The molecule has 0 atom stereocenters. The van der Waals surface area contributed by atoms with E-state index in [1.54, 1.807) is 25.1 Å². The highest BCUT2D eigenvalue weighted by molar-refractivity contribution is 14.1. The molecule has 88 valence electrons. The quantitative estimate of drug-likeness (QED) is 0.638. The number of anilines is 3. The molecule has 0 aliphatic rings. The van der Waals surface area contributed by atoms with E-state index in [1.807, 2.05) is 18.2 Å². The van der Waals surface area contributed by atoms with E-state index in [0.29, 0.717) is 16.9 Å². The van der Waals surface area contributed by atoms with Crippen LogP contribution in [0.2, 0.25) is 0 Å². The average Bonchev–Trinajstić information content (AvgIpc) is 2.28. The van der Waals surface area contributed by atoms with Crippen LogP contribution in [0.15, 0.2) is 36.4 Å². The third-order valence-electron chi connectivity index (χ3n) is 2.45. The molecule has 0 aliphatic carbocycles. The molecule has 0 saturated carbocycles. The van der Waals surface area contributed by atoms with Crippen LogP contribution < -0.4 is 11.1 Å². The van der Waals surface area contributed by atoms with Crippen molar-refractivity contribution >= 4 is 39.7 Å². The summed E-state index contributed by atoms with van der Waals surface area (Å²) >= 11 is 2.17. The highest BCUT2D eigenvalue weighted by Crippen LogP contribution is 2.26. The maximum absolute atomic E-state index is 13.8. The zero-order chi connectivity index (χ0) is 12.4. The Bertz CT molecular complexity index is 555. The summed E-state index contributed by atoms with van der Waals surface area (Å²) in [5.74, 6) is -0.222. The first-order valence-corrected chi connectivity index (χ1v) is 6.23. The first-order chi connectivity index (χ1) is 8.08. The molecule has 2 rings (SSSR count). The molecular weight excluding hydrogens is 330 g/mol. The van der Waals surface area contributed by atoms with Crippen LogP contribution in [0.4, 0.5) is 21.5 Å². The van der Waals surface area contributed by atoms with Crippen molar-refractivity contribution in [2.24, 2.45) is 0 Å². The van der Waals surface area contributed by atoms with E-state index in [4.69, 9.17) is 5.73 Å². The molecule has 0 aliphatic heterocycles. The van der Waals surface area contributed by atoms with E-state index in [-0.39, 0.29) is 5.82 Å². The van der Waals surface area contributed by atoms with Crippen LogP contribution in [0.1, 0.15) is 5.56 Å². The van der Waals surface area contributed by atoms with Crippen molar-refractivity contribution in [3.05, 3.63) is 51.3 Å². The van der Waals surface area contributed by atoms with Gasteiger partial charge >= 0.3 is 0 Å². The van der Waals surface area contributed by atoms with Gasteiger partial charge < -0.3 is 11.1 Å². The highest BCUT2D eigenvalue weighted by atomic mass is 127. The van der Waals surface area contributed by atoms with Gasteiger partial charge in [0.15, 0.2) is 0 Å². The molecule has 2 nitrogen and oxygen atoms in total. The smallest absolute Gasteiger partial charge is 0.149 e. The van der Waals surface area contributed by atoms with E-state index in [0.717, 1.165) is 9.26 Å². The van der Waals surface area contributed by atoms with Gasteiger partial charge in [-0.25, -0.2) is 4.39 Å². The summed E-state index contributed by atoms with van der Waals surface area (Å²) in [4.78, 5) is 0. The molecule has 4 heteroatoms. The summed E-state index contributed by atoms with van der Waals surface area (Å²) in [5, 5.41) is 3.07. The molecule has 0 fully saturated rings. The fourth-order valence-electron chi connectivity index (χ4n) is 1.52. The second-order valence-electron chi connectivity index (χ2n) is 3.80. The van der Waals surface area contributed by atoms with Crippen molar-refractivity contribution in [1.29, 1.82) is 0 Å². The third kappa shape index (κ3) is 2.69. The summed E-state index contributed by atoms with van der Waals surface area (Å²) in [7, 11) is 0. The van der Waals surface area contributed by atoms with Crippen LogP contribution in [0.3, 0.4) is 0 Å². The molecular formula is C13H12FIN2. The molecule has 0 bridgehead atoms. The van der Waals surface area contributed by atoms with Gasteiger partial charge in [0.25, 0.3) is 0 Å². The number of rotatable bonds is 2. The maximum atomic E-state index is 13.8. The Morgan fingerprint density at radius 1 is 1.18 bits per heavy atom. The van der Waals surface area contributed by atoms with Crippen molar-refractivity contribution < 1.29 is 4.39 Å². The predicted molar refractivity (Wildman–Crippen MR) is 78.0 cm³/mol. The van der Waals surface area contributed by atoms with E-state index < -0.39 is 0 Å². The van der Waals surface area contributed by atoms with E-state index in [9.17, 15) is 4.39 Å². The van der Waals surface area contributed by atoms with Crippen molar-refractivity contribution in [2.45, 2.75) is 6.92 Å². The normalized spacial score (nSPS) is 10.3. The van der Waals surface area contributed by atoms with Gasteiger partial charge in [-0.15, -0.1) is 0 Å². The summed E-state index contributed by atoms with van der Waals surface area (Å²) in [5.41, 5.74) is 8.32. The van der Waals surface area contributed by atoms with Crippen molar-refractivity contribution in [3.63, 3.8) is 0 Å². The summed E-state index contributed by atoms with van der Waals surface area (Å²) in [6, 6.07) is 10.8. The largest absolute Gasteiger partial charge is 0.399 e. The van der Waals surface area contributed by atoms with Crippen molar-refractivity contribution in [1.82, 2.24) is 0 Å². The standard InChI is InChI=1S/C13H12FIN2/c1-8-3-2-4-12(13(8)14)17-11-6-5-9(16)7-10(11)15/h2-7,17H,16H2,1H3. The Balaban J connectivity index is 2.35. The van der Waals surface area contributed by atoms with Gasteiger partial charge in [0.1, 0.15) is 5.82 Å². The molecule has 0 spiro atoms. The van der Waals surface area contributed by atoms with Crippen LogP contribution >= 0.6 is 22.6 Å². The number of nitrogen functional groups attached to an aromatic ring is 1. The molecule has 0 unspecified atom stereocenters. The molecule has 0 saturated heterocycles. The fraction of sp³-hybridized carbons (Fsp3) is 0.0769. The minimum atomic E-state index is -0.222. The second-order valence-corrected chi connectivity index (χ2v) is 4.96. The van der Waals surface area contributed by atoms with Crippen LogP contribution in [0, 0.1) is 16.3 Å². The van der Waals surface area contributed by atoms with E-state index >= 15 is 0 Å². The first-order valence-electron chi connectivity index (χ1n) is 5.15. The van der Waals surface area contributed by atoms with Gasteiger partial charge in [-0.1, -0.05) is 12.1 Å². The summed E-state index contributed by atoms with van der Waals surface area (Å²) < 4.78 is 14.8. The number of benzene rings is 2. The molecule has 0 radical (unpaired) electrons. The molecule has 0 heterocycles. The molecule has 0 amide bonds. The average molecular weight is 342 g/mol. The van der Waals surface area contributed by atoms with Gasteiger partial charge in [-0.2, -0.15) is 0 Å². The molecule has 3 N–H and O–H groups in total. The Hall–Kier alpha value is -1.30. The lowest BCUT2D eigenvalue weighted by molar-refractivity contribution is 0.622. The fourth-order valence-corrected chi connectivity index (χ4v) is 2.20. The number of nitrogens with two attached hydrogens (primary N) is 1. The minimum Gasteiger partial charge on any atom is -0.399 e. The van der Waals surface area contributed by atoms with Gasteiger partial charge in [0.2, 0.25) is 0 Å². The van der Waals surface area contributed by atoms with Gasteiger partial charge in [0.05, 0.1) is 11.4 Å². The molecule has 0 aromatic heterocycles. The van der Waals surface area contributed by atoms with Gasteiger partial charge in [-0.05, 0) is 59.3 Å². The minimum absolute atomic E-state index is 0.222. The number of halogens is 2. The highest BCUT2D eigenvalue weighted by Gasteiger charge is 2.06. The van der Waals surface area contributed by atoms with Gasteiger partial charge in [-0.3, -0.25) is 0 Å². The number of hydrogen-bond acceptors (Lipinski definition) is 2. The Morgan fingerprint density at radius 3 is 2.65 bits per heavy atom.